The quantitative estimate of drug-likeness (QED) is 0.519. The fourth-order valence-electron chi connectivity index (χ4n) is 4.81. The highest BCUT2D eigenvalue weighted by Gasteiger charge is 2.42. The fourth-order valence-corrected chi connectivity index (χ4v) is 4.81. The van der Waals surface area contributed by atoms with Crippen LogP contribution in [0.15, 0.2) is 48.5 Å². The molecule has 1 amide bonds. The Hall–Kier alpha value is -2.59. The minimum Gasteiger partial charge on any atom is -0.336 e. The van der Waals surface area contributed by atoms with Crippen molar-refractivity contribution >= 4 is 5.91 Å². The number of nitrogens with zero attached hydrogens (tertiary/aromatic N) is 1. The summed E-state index contributed by atoms with van der Waals surface area (Å²) in [5, 5.41) is 3.37. The van der Waals surface area contributed by atoms with Crippen molar-refractivity contribution in [1.82, 2.24) is 10.2 Å². The van der Waals surface area contributed by atoms with E-state index in [1.165, 1.54) is 4.90 Å². The lowest BCUT2D eigenvalue weighted by atomic mass is 9.73. The lowest BCUT2D eigenvalue weighted by molar-refractivity contribution is -0.144. The molecular weight excluding hydrogens is 472 g/mol. The molecule has 0 aliphatic heterocycles. The molecule has 2 aromatic carbocycles. The van der Waals surface area contributed by atoms with E-state index in [2.05, 4.69) is 5.32 Å². The third-order valence-electron chi connectivity index (χ3n) is 6.72. The Morgan fingerprint density at radius 2 is 1.54 bits per heavy atom. The molecule has 2 aromatic rings. The van der Waals surface area contributed by atoms with Crippen molar-refractivity contribution in [3.8, 4) is 0 Å². The lowest BCUT2D eigenvalue weighted by Crippen LogP contribution is -2.52. The highest BCUT2D eigenvalue weighted by molar-refractivity contribution is 5.79. The first-order valence-electron chi connectivity index (χ1n) is 11.4. The molecule has 0 radical (unpaired) electrons. The van der Waals surface area contributed by atoms with Gasteiger partial charge in [-0.2, -0.15) is 26.3 Å². The minimum absolute atomic E-state index is 0.0682. The van der Waals surface area contributed by atoms with Crippen molar-refractivity contribution in [3.05, 3.63) is 70.8 Å². The summed E-state index contributed by atoms with van der Waals surface area (Å²) in [6.07, 6.45) is -7.83. The fraction of sp³-hybridized carbons (Fsp3) is 0.480. The van der Waals surface area contributed by atoms with Crippen molar-refractivity contribution in [3.63, 3.8) is 0 Å². The van der Waals surface area contributed by atoms with Crippen LogP contribution in [0.5, 0.6) is 0 Å². The molecule has 1 fully saturated rings. The van der Waals surface area contributed by atoms with Crippen LogP contribution in [-0.4, -0.2) is 37.0 Å². The first-order chi connectivity index (χ1) is 16.4. The second-order valence-electron chi connectivity index (χ2n) is 8.96. The normalized spacial score (nSPS) is 21.1. The number of amides is 1. The molecule has 35 heavy (non-hydrogen) atoms. The number of alkyl halides is 6. The summed E-state index contributed by atoms with van der Waals surface area (Å²) in [4.78, 5) is 14.8. The Balaban J connectivity index is 1.90. The van der Waals surface area contributed by atoms with Gasteiger partial charge in [0.1, 0.15) is 0 Å². The molecule has 0 atom stereocenters. The zero-order valence-corrected chi connectivity index (χ0v) is 19.3. The molecule has 1 saturated carbocycles. The average molecular weight is 502 g/mol. The van der Waals surface area contributed by atoms with Crippen molar-refractivity contribution in [1.29, 1.82) is 0 Å². The van der Waals surface area contributed by atoms with Crippen LogP contribution in [0.3, 0.4) is 0 Å². The maximum Gasteiger partial charge on any atom is 0.416 e. The van der Waals surface area contributed by atoms with Gasteiger partial charge in [-0.25, -0.2) is 0 Å². The standard InChI is InChI=1S/C25H29F6N3O/c1-34(22(35)15-17-13-19(24(26,27)28)16-20(14-17)25(29,30)31)23(18-5-3-2-4-6-18)9-7-21(8-10-23)33-12-11-32/h2-6,13-14,16,21,33H,7-12,15,32H2,1H3. The summed E-state index contributed by atoms with van der Waals surface area (Å²) < 4.78 is 79.5. The summed E-state index contributed by atoms with van der Waals surface area (Å²) in [6, 6.07) is 10.8. The van der Waals surface area contributed by atoms with E-state index in [1.807, 2.05) is 30.3 Å². The van der Waals surface area contributed by atoms with Gasteiger partial charge in [-0.15, -0.1) is 0 Å². The summed E-state index contributed by atoms with van der Waals surface area (Å²) >= 11 is 0. The van der Waals surface area contributed by atoms with E-state index in [4.69, 9.17) is 5.73 Å². The number of likely N-dealkylation sites (N-methyl/N-ethyl adjacent to an activating group) is 1. The predicted molar refractivity (Wildman–Crippen MR) is 120 cm³/mol. The molecule has 0 bridgehead atoms. The smallest absolute Gasteiger partial charge is 0.336 e. The van der Waals surface area contributed by atoms with Crippen LogP contribution >= 0.6 is 0 Å². The molecule has 1 aliphatic rings. The Morgan fingerprint density at radius 1 is 1.00 bits per heavy atom. The number of hydrogen-bond donors (Lipinski definition) is 2. The monoisotopic (exact) mass is 501 g/mol. The van der Waals surface area contributed by atoms with Gasteiger partial charge in [-0.05, 0) is 55.0 Å². The van der Waals surface area contributed by atoms with Crippen molar-refractivity contribution in [2.75, 3.05) is 20.1 Å². The maximum absolute atomic E-state index is 13.3. The Kier molecular flexibility index (Phi) is 8.16. The number of halogens is 6. The Bertz CT molecular complexity index is 966. The summed E-state index contributed by atoms with van der Waals surface area (Å²) in [6.45, 7) is 1.16. The predicted octanol–water partition coefficient (Wildman–Crippen LogP) is 5.11. The zero-order valence-electron chi connectivity index (χ0n) is 19.3. The Morgan fingerprint density at radius 3 is 2.03 bits per heavy atom. The molecular formula is C25H29F6N3O. The summed E-state index contributed by atoms with van der Waals surface area (Å²) in [7, 11) is 1.57. The second kappa shape index (κ2) is 10.6. The molecule has 0 unspecified atom stereocenters. The first-order valence-corrected chi connectivity index (χ1v) is 11.4. The van der Waals surface area contributed by atoms with Gasteiger partial charge in [0, 0.05) is 26.2 Å². The van der Waals surface area contributed by atoms with Crippen LogP contribution in [0.4, 0.5) is 26.3 Å². The zero-order chi connectivity index (χ0) is 25.9. The summed E-state index contributed by atoms with van der Waals surface area (Å²) in [5.74, 6) is -0.547. The van der Waals surface area contributed by atoms with Gasteiger partial charge in [-0.1, -0.05) is 30.3 Å². The molecule has 192 valence electrons. The van der Waals surface area contributed by atoms with E-state index in [9.17, 15) is 31.1 Å². The maximum atomic E-state index is 13.3. The van der Waals surface area contributed by atoms with Crippen LogP contribution in [-0.2, 0) is 29.1 Å². The number of nitrogens with one attached hydrogen (secondary N) is 1. The van der Waals surface area contributed by atoms with E-state index in [0.717, 1.165) is 18.4 Å². The third-order valence-corrected chi connectivity index (χ3v) is 6.72. The molecule has 3 rings (SSSR count). The van der Waals surface area contributed by atoms with E-state index in [0.29, 0.717) is 38.1 Å². The van der Waals surface area contributed by atoms with Gasteiger partial charge in [0.15, 0.2) is 0 Å². The number of rotatable bonds is 7. The van der Waals surface area contributed by atoms with E-state index in [1.54, 1.807) is 7.05 Å². The van der Waals surface area contributed by atoms with Crippen LogP contribution < -0.4 is 11.1 Å². The lowest BCUT2D eigenvalue weighted by Gasteiger charge is -2.47. The largest absolute Gasteiger partial charge is 0.416 e. The average Bonchev–Trinajstić information content (AvgIpc) is 2.82. The SMILES string of the molecule is CN(C(=O)Cc1cc(C(F)(F)F)cc(C(F)(F)F)c1)C1(c2ccccc2)CCC(NCCN)CC1. The number of carbonyl (C=O) groups excluding carboxylic acids is 1. The minimum atomic E-state index is -4.97. The van der Waals surface area contributed by atoms with E-state index >= 15 is 0 Å². The van der Waals surface area contributed by atoms with Gasteiger partial charge in [0.2, 0.25) is 5.91 Å². The molecule has 1 aliphatic carbocycles. The Labute approximate surface area is 200 Å². The summed E-state index contributed by atoms with van der Waals surface area (Å²) in [5.41, 5.74) is 2.55. The van der Waals surface area contributed by atoms with Gasteiger partial charge < -0.3 is 16.0 Å². The van der Waals surface area contributed by atoms with E-state index in [-0.39, 0.29) is 17.7 Å². The molecule has 0 heterocycles. The molecule has 4 nitrogen and oxygen atoms in total. The molecule has 0 aromatic heterocycles. The van der Waals surface area contributed by atoms with Gasteiger partial charge >= 0.3 is 12.4 Å². The van der Waals surface area contributed by atoms with Crippen molar-refractivity contribution < 1.29 is 31.1 Å². The van der Waals surface area contributed by atoms with Crippen LogP contribution in [0.1, 0.15) is 47.9 Å². The molecule has 3 N–H and O–H groups in total. The van der Waals surface area contributed by atoms with Crippen LogP contribution in [0.2, 0.25) is 0 Å². The second-order valence-corrected chi connectivity index (χ2v) is 8.96. The van der Waals surface area contributed by atoms with Gasteiger partial charge in [0.05, 0.1) is 23.1 Å². The van der Waals surface area contributed by atoms with E-state index < -0.39 is 41.3 Å². The highest BCUT2D eigenvalue weighted by atomic mass is 19.4. The van der Waals surface area contributed by atoms with Crippen molar-refractivity contribution in [2.45, 2.75) is 56.0 Å². The number of carbonyl (C=O) groups is 1. The molecule has 0 spiro atoms. The molecule has 0 saturated heterocycles. The van der Waals surface area contributed by atoms with Crippen LogP contribution in [0, 0.1) is 0 Å². The van der Waals surface area contributed by atoms with Crippen LogP contribution in [0.25, 0.3) is 0 Å². The third kappa shape index (κ3) is 6.35. The van der Waals surface area contributed by atoms with Gasteiger partial charge in [0.25, 0.3) is 0 Å². The number of hydrogen-bond acceptors (Lipinski definition) is 3. The van der Waals surface area contributed by atoms with Gasteiger partial charge in [-0.3, -0.25) is 4.79 Å². The first kappa shape index (κ1) is 27.0. The molecule has 10 heteroatoms. The highest BCUT2D eigenvalue weighted by Crippen LogP contribution is 2.42. The topological polar surface area (TPSA) is 58.4 Å². The number of benzene rings is 2. The number of nitrogens with two attached hydrogens (primary N) is 1. The van der Waals surface area contributed by atoms with Crippen molar-refractivity contribution in [2.24, 2.45) is 5.73 Å².